The molecule has 2 aromatic rings. The number of carbonyl (C=O) groups excluding carboxylic acids is 4. The van der Waals surface area contributed by atoms with E-state index in [0.29, 0.717) is 11.4 Å². The first kappa shape index (κ1) is 18.9. The molecule has 0 radical (unpaired) electrons. The Morgan fingerprint density at radius 3 is 2.24 bits per heavy atom. The first-order chi connectivity index (χ1) is 13.9. The van der Waals surface area contributed by atoms with Gasteiger partial charge in [-0.2, -0.15) is 0 Å². The zero-order valence-corrected chi connectivity index (χ0v) is 16.0. The van der Waals surface area contributed by atoms with Gasteiger partial charge in [0.15, 0.2) is 0 Å². The molecule has 0 aromatic heterocycles. The van der Waals surface area contributed by atoms with E-state index >= 15 is 0 Å². The molecule has 7 heteroatoms. The van der Waals surface area contributed by atoms with E-state index in [1.807, 2.05) is 31.2 Å². The Hall–Kier alpha value is -3.48. The highest BCUT2D eigenvalue weighted by atomic mass is 16.5. The van der Waals surface area contributed by atoms with Crippen molar-refractivity contribution in [3.63, 3.8) is 0 Å². The van der Waals surface area contributed by atoms with Crippen LogP contribution < -0.4 is 14.5 Å². The molecule has 0 aliphatic carbocycles. The van der Waals surface area contributed by atoms with Crippen molar-refractivity contribution in [1.82, 2.24) is 0 Å². The van der Waals surface area contributed by atoms with Gasteiger partial charge in [-0.1, -0.05) is 18.2 Å². The minimum absolute atomic E-state index is 0.0992. The fraction of sp³-hybridized carbons (Fsp3) is 0.273. The number of imide groups is 1. The number of benzene rings is 2. The van der Waals surface area contributed by atoms with Crippen LogP contribution in [0.2, 0.25) is 0 Å². The Balaban J connectivity index is 1.42. The molecule has 0 unspecified atom stereocenters. The molecule has 0 N–H and O–H groups in total. The Morgan fingerprint density at radius 1 is 0.931 bits per heavy atom. The lowest BCUT2D eigenvalue weighted by Gasteiger charge is -2.18. The van der Waals surface area contributed by atoms with Gasteiger partial charge >= 0.3 is 5.97 Å². The normalized spacial score (nSPS) is 19.2. The van der Waals surface area contributed by atoms with E-state index in [1.165, 1.54) is 0 Å². The smallest absolute Gasteiger partial charge is 0.316 e. The van der Waals surface area contributed by atoms with Crippen LogP contribution in [0.15, 0.2) is 48.5 Å². The number of nitrogens with zero attached hydrogens (tertiary/aromatic N) is 2. The largest absolute Gasteiger partial charge is 0.426 e. The minimum atomic E-state index is -0.552. The first-order valence-corrected chi connectivity index (χ1v) is 9.47. The summed E-state index contributed by atoms with van der Waals surface area (Å²) >= 11 is 0. The second-order valence-corrected chi connectivity index (χ2v) is 7.23. The van der Waals surface area contributed by atoms with Crippen molar-refractivity contribution >= 4 is 35.1 Å². The minimum Gasteiger partial charge on any atom is -0.426 e. The van der Waals surface area contributed by atoms with Crippen LogP contribution in [0.4, 0.5) is 11.4 Å². The number of para-hydroxylation sites is 1. The predicted molar refractivity (Wildman–Crippen MR) is 105 cm³/mol. The third-order valence-corrected chi connectivity index (χ3v) is 5.23. The number of amides is 3. The molecule has 29 heavy (non-hydrogen) atoms. The summed E-state index contributed by atoms with van der Waals surface area (Å²) in [6.45, 7) is 2.20. The van der Waals surface area contributed by atoms with Gasteiger partial charge in [-0.05, 0) is 42.8 Å². The molecular formula is C22H20N2O5. The van der Waals surface area contributed by atoms with E-state index in [9.17, 15) is 19.2 Å². The van der Waals surface area contributed by atoms with Crippen LogP contribution in [0.3, 0.4) is 0 Å². The molecule has 0 spiro atoms. The number of ether oxygens (including phenoxy) is 1. The van der Waals surface area contributed by atoms with E-state index in [0.717, 1.165) is 16.2 Å². The number of hydrogen-bond acceptors (Lipinski definition) is 5. The quantitative estimate of drug-likeness (QED) is 0.454. The second-order valence-electron chi connectivity index (χ2n) is 7.23. The summed E-state index contributed by atoms with van der Waals surface area (Å²) in [7, 11) is 0. The van der Waals surface area contributed by atoms with Crippen molar-refractivity contribution in [2.75, 3.05) is 16.3 Å². The molecule has 2 heterocycles. The topological polar surface area (TPSA) is 84.0 Å². The maximum Gasteiger partial charge on any atom is 0.316 e. The number of rotatable bonds is 4. The Labute approximate surface area is 167 Å². The lowest BCUT2D eigenvalue weighted by Crippen LogP contribution is -2.28. The lowest BCUT2D eigenvalue weighted by atomic mass is 10.1. The van der Waals surface area contributed by atoms with Gasteiger partial charge in [0.25, 0.3) is 0 Å². The van der Waals surface area contributed by atoms with Crippen LogP contribution >= 0.6 is 0 Å². The van der Waals surface area contributed by atoms with Crippen molar-refractivity contribution in [1.29, 1.82) is 0 Å². The maximum atomic E-state index is 12.5. The lowest BCUT2D eigenvalue weighted by molar-refractivity contribution is -0.139. The third kappa shape index (κ3) is 3.63. The first-order valence-electron chi connectivity index (χ1n) is 9.47. The van der Waals surface area contributed by atoms with Gasteiger partial charge in [-0.3, -0.25) is 24.1 Å². The number of aryl methyl sites for hydroxylation is 1. The van der Waals surface area contributed by atoms with Crippen LogP contribution in [-0.2, 0) is 19.2 Å². The summed E-state index contributed by atoms with van der Waals surface area (Å²) in [5, 5.41) is 0. The fourth-order valence-electron chi connectivity index (χ4n) is 3.69. The summed E-state index contributed by atoms with van der Waals surface area (Å²) in [5.41, 5.74) is 2.23. The molecule has 7 nitrogen and oxygen atoms in total. The van der Waals surface area contributed by atoms with Gasteiger partial charge < -0.3 is 9.64 Å². The molecule has 4 rings (SSSR count). The maximum absolute atomic E-state index is 12.5. The molecule has 2 aliphatic rings. The number of hydrogen-bond donors (Lipinski definition) is 0. The van der Waals surface area contributed by atoms with Gasteiger partial charge in [0.05, 0.1) is 11.6 Å². The molecule has 0 bridgehead atoms. The molecular weight excluding hydrogens is 372 g/mol. The molecule has 3 amide bonds. The average molecular weight is 392 g/mol. The van der Waals surface area contributed by atoms with Crippen LogP contribution in [0, 0.1) is 12.8 Å². The van der Waals surface area contributed by atoms with Crippen LogP contribution in [-0.4, -0.2) is 30.2 Å². The average Bonchev–Trinajstić information content (AvgIpc) is 3.25. The molecule has 0 saturated carbocycles. The molecule has 2 aliphatic heterocycles. The second kappa shape index (κ2) is 7.50. The molecule has 148 valence electrons. The third-order valence-electron chi connectivity index (χ3n) is 5.23. The van der Waals surface area contributed by atoms with Gasteiger partial charge in [0.1, 0.15) is 5.75 Å². The van der Waals surface area contributed by atoms with E-state index in [1.54, 1.807) is 29.2 Å². The summed E-state index contributed by atoms with van der Waals surface area (Å²) in [6.07, 6.45) is 0.521. The molecule has 2 saturated heterocycles. The number of carbonyl (C=O) groups is 4. The molecule has 1 atom stereocenters. The van der Waals surface area contributed by atoms with E-state index in [4.69, 9.17) is 4.74 Å². The molecule has 2 aromatic carbocycles. The van der Waals surface area contributed by atoms with Crippen LogP contribution in [0.1, 0.15) is 24.8 Å². The zero-order valence-electron chi connectivity index (χ0n) is 16.0. The van der Waals surface area contributed by atoms with Gasteiger partial charge in [0.2, 0.25) is 17.7 Å². The summed E-state index contributed by atoms with van der Waals surface area (Å²) < 4.78 is 5.43. The Kier molecular flexibility index (Phi) is 4.88. The van der Waals surface area contributed by atoms with Gasteiger partial charge in [-0.25, -0.2) is 0 Å². The zero-order chi connectivity index (χ0) is 20.5. The summed E-state index contributed by atoms with van der Waals surface area (Å²) in [4.78, 5) is 51.3. The monoisotopic (exact) mass is 392 g/mol. The van der Waals surface area contributed by atoms with Crippen molar-refractivity contribution in [3.8, 4) is 5.75 Å². The SMILES string of the molecule is Cc1ccccc1N1C[C@@H](C(=O)Oc2ccc(N3C(=O)CCC3=O)cc2)CC1=O. The Morgan fingerprint density at radius 2 is 1.59 bits per heavy atom. The summed E-state index contributed by atoms with van der Waals surface area (Å²) in [6, 6.07) is 13.8. The summed E-state index contributed by atoms with van der Waals surface area (Å²) in [5.74, 6) is -1.30. The van der Waals surface area contributed by atoms with Crippen LogP contribution in [0.25, 0.3) is 0 Å². The van der Waals surface area contributed by atoms with Crippen LogP contribution in [0.5, 0.6) is 5.75 Å². The highest BCUT2D eigenvalue weighted by Gasteiger charge is 2.37. The van der Waals surface area contributed by atoms with Gasteiger partial charge in [-0.15, -0.1) is 0 Å². The van der Waals surface area contributed by atoms with E-state index in [-0.39, 0.29) is 43.5 Å². The highest BCUT2D eigenvalue weighted by Crippen LogP contribution is 2.29. The number of esters is 1. The van der Waals surface area contributed by atoms with E-state index < -0.39 is 11.9 Å². The van der Waals surface area contributed by atoms with Crippen molar-refractivity contribution < 1.29 is 23.9 Å². The van der Waals surface area contributed by atoms with E-state index in [2.05, 4.69) is 0 Å². The fourth-order valence-corrected chi connectivity index (χ4v) is 3.69. The van der Waals surface area contributed by atoms with Crippen molar-refractivity contribution in [2.24, 2.45) is 5.92 Å². The van der Waals surface area contributed by atoms with Crippen molar-refractivity contribution in [3.05, 3.63) is 54.1 Å². The highest BCUT2D eigenvalue weighted by molar-refractivity contribution is 6.19. The van der Waals surface area contributed by atoms with Gasteiger partial charge in [0, 0.05) is 31.5 Å². The standard InChI is InChI=1S/C22H20N2O5/c1-14-4-2-3-5-18(14)23-13-15(12-21(23)27)22(28)29-17-8-6-16(7-9-17)24-19(25)10-11-20(24)26/h2-9,15H,10-13H2,1H3/t15-/m0/s1. The molecule has 2 fully saturated rings. The van der Waals surface area contributed by atoms with Crippen molar-refractivity contribution in [2.45, 2.75) is 26.2 Å². The predicted octanol–water partition coefficient (Wildman–Crippen LogP) is 2.61. The Bertz CT molecular complexity index is 983. The number of anilines is 2.